The molecular formula is C11H9NO2S2. The first-order valence-corrected chi connectivity index (χ1v) is 6.46. The van der Waals surface area contributed by atoms with E-state index in [9.17, 15) is 10.1 Å². The maximum Gasteiger partial charge on any atom is 0.254 e. The Morgan fingerprint density at radius 3 is 2.62 bits per heavy atom. The number of benzene rings is 1. The summed E-state index contributed by atoms with van der Waals surface area (Å²) in [6.07, 6.45) is 0. The first-order chi connectivity index (χ1) is 7.75. The molecule has 1 aromatic carbocycles. The van der Waals surface area contributed by atoms with E-state index in [0.717, 1.165) is 14.6 Å². The van der Waals surface area contributed by atoms with Gasteiger partial charge in [0.2, 0.25) is 0 Å². The van der Waals surface area contributed by atoms with Crippen LogP contribution in [0, 0.1) is 10.1 Å². The van der Waals surface area contributed by atoms with E-state index in [1.807, 2.05) is 42.5 Å². The highest BCUT2D eigenvalue weighted by Gasteiger charge is 2.05. The second-order valence-corrected chi connectivity index (χ2v) is 5.42. The molecule has 2 aromatic rings. The van der Waals surface area contributed by atoms with Gasteiger partial charge < -0.3 is 0 Å². The van der Waals surface area contributed by atoms with Crippen molar-refractivity contribution in [3.8, 4) is 10.4 Å². The molecule has 0 atom stereocenters. The predicted octanol–water partition coefficient (Wildman–Crippen LogP) is 3.74. The quantitative estimate of drug-likeness (QED) is 0.360. The number of nitro groups is 1. The molecule has 0 N–H and O–H groups in total. The van der Waals surface area contributed by atoms with Crippen molar-refractivity contribution in [3.05, 3.63) is 52.6 Å². The van der Waals surface area contributed by atoms with Crippen LogP contribution in [0.15, 0.2) is 46.7 Å². The van der Waals surface area contributed by atoms with E-state index < -0.39 is 0 Å². The average Bonchev–Trinajstić information content (AvgIpc) is 2.76. The van der Waals surface area contributed by atoms with Crippen LogP contribution in [0.3, 0.4) is 0 Å². The summed E-state index contributed by atoms with van der Waals surface area (Å²) in [6.45, 7) is 0. The van der Waals surface area contributed by atoms with Crippen LogP contribution in [0.1, 0.15) is 0 Å². The van der Waals surface area contributed by atoms with Crippen LogP contribution in [0.4, 0.5) is 0 Å². The molecule has 1 heterocycles. The van der Waals surface area contributed by atoms with Crippen LogP contribution in [-0.2, 0) is 0 Å². The van der Waals surface area contributed by atoms with Gasteiger partial charge >= 0.3 is 0 Å². The molecule has 0 spiro atoms. The predicted molar refractivity (Wildman–Crippen MR) is 67.5 cm³/mol. The molecule has 0 saturated carbocycles. The second-order valence-electron chi connectivity index (χ2n) is 3.09. The summed E-state index contributed by atoms with van der Waals surface area (Å²) in [6, 6.07) is 13.9. The molecule has 0 fully saturated rings. The summed E-state index contributed by atoms with van der Waals surface area (Å²) in [5.74, 6) is -0.0747. The summed E-state index contributed by atoms with van der Waals surface area (Å²) >= 11 is 2.85. The number of nitrogens with zero attached hydrogens (tertiary/aromatic N) is 1. The smallest absolute Gasteiger partial charge is 0.254 e. The molecule has 2 rings (SSSR count). The fourth-order valence-corrected chi connectivity index (χ4v) is 3.07. The lowest BCUT2D eigenvalue weighted by Crippen LogP contribution is -1.93. The zero-order valence-electron chi connectivity index (χ0n) is 8.33. The Kier molecular flexibility index (Phi) is 3.58. The minimum atomic E-state index is -0.313. The van der Waals surface area contributed by atoms with Crippen molar-refractivity contribution in [2.45, 2.75) is 4.21 Å². The van der Waals surface area contributed by atoms with Gasteiger partial charge in [0.1, 0.15) is 0 Å². The molecule has 82 valence electrons. The highest BCUT2D eigenvalue weighted by Crippen LogP contribution is 2.33. The minimum absolute atomic E-state index is 0.0747. The molecule has 5 heteroatoms. The van der Waals surface area contributed by atoms with Crippen molar-refractivity contribution in [1.29, 1.82) is 0 Å². The van der Waals surface area contributed by atoms with Crippen LogP contribution in [0.25, 0.3) is 10.4 Å². The van der Waals surface area contributed by atoms with Gasteiger partial charge in [-0.3, -0.25) is 10.1 Å². The summed E-state index contributed by atoms with van der Waals surface area (Å²) in [4.78, 5) is 11.1. The Balaban J connectivity index is 2.11. The Morgan fingerprint density at radius 2 is 1.94 bits per heavy atom. The van der Waals surface area contributed by atoms with E-state index in [4.69, 9.17) is 0 Å². The van der Waals surface area contributed by atoms with E-state index in [1.165, 1.54) is 11.8 Å². The van der Waals surface area contributed by atoms with E-state index in [1.54, 1.807) is 11.3 Å². The Morgan fingerprint density at radius 1 is 1.19 bits per heavy atom. The summed E-state index contributed by atoms with van der Waals surface area (Å²) in [5.41, 5.74) is 1.15. The molecular weight excluding hydrogens is 242 g/mol. The molecule has 0 bridgehead atoms. The molecule has 3 nitrogen and oxygen atoms in total. The van der Waals surface area contributed by atoms with Gasteiger partial charge in [0, 0.05) is 9.80 Å². The van der Waals surface area contributed by atoms with Gasteiger partial charge in [-0.05, 0) is 29.5 Å². The second kappa shape index (κ2) is 5.14. The highest BCUT2D eigenvalue weighted by atomic mass is 32.2. The third kappa shape index (κ3) is 2.84. The molecule has 0 unspecified atom stereocenters. The van der Waals surface area contributed by atoms with Crippen molar-refractivity contribution in [1.82, 2.24) is 0 Å². The first-order valence-electron chi connectivity index (χ1n) is 4.65. The van der Waals surface area contributed by atoms with E-state index in [-0.39, 0.29) is 10.8 Å². The zero-order valence-corrected chi connectivity index (χ0v) is 9.96. The summed E-state index contributed by atoms with van der Waals surface area (Å²) in [5, 5.41) is 10.2. The van der Waals surface area contributed by atoms with Crippen LogP contribution in [-0.4, -0.2) is 10.8 Å². The Labute approximate surface area is 101 Å². The third-order valence-corrected chi connectivity index (χ3v) is 4.24. The SMILES string of the molecule is O=[N+]([O-])CSc1ccc(-c2ccccc2)s1. The summed E-state index contributed by atoms with van der Waals surface area (Å²) in [7, 11) is 0. The van der Waals surface area contributed by atoms with Gasteiger partial charge in [-0.2, -0.15) is 0 Å². The van der Waals surface area contributed by atoms with Crippen molar-refractivity contribution >= 4 is 23.1 Å². The molecule has 0 radical (unpaired) electrons. The standard InChI is InChI=1S/C11H9NO2S2/c13-12(14)8-15-11-7-6-10(16-11)9-4-2-1-3-5-9/h1-7H,8H2. The normalized spacial score (nSPS) is 10.2. The van der Waals surface area contributed by atoms with Crippen molar-refractivity contribution in [2.75, 3.05) is 5.88 Å². The largest absolute Gasteiger partial charge is 0.264 e. The Hall–Kier alpha value is -1.33. The van der Waals surface area contributed by atoms with E-state index in [0.29, 0.717) is 0 Å². The van der Waals surface area contributed by atoms with Gasteiger partial charge in [0.05, 0.1) is 4.21 Å². The van der Waals surface area contributed by atoms with Crippen LogP contribution >= 0.6 is 23.1 Å². The monoisotopic (exact) mass is 251 g/mol. The van der Waals surface area contributed by atoms with Gasteiger partial charge in [-0.25, -0.2) is 0 Å². The molecule has 0 aliphatic heterocycles. The number of hydrogen-bond donors (Lipinski definition) is 0. The molecule has 0 saturated heterocycles. The zero-order chi connectivity index (χ0) is 11.4. The topological polar surface area (TPSA) is 43.1 Å². The highest BCUT2D eigenvalue weighted by molar-refractivity contribution is 8.01. The minimum Gasteiger partial charge on any atom is -0.264 e. The fraction of sp³-hybridized carbons (Fsp3) is 0.0909. The first kappa shape index (κ1) is 11.2. The lowest BCUT2D eigenvalue weighted by atomic mass is 10.2. The maximum absolute atomic E-state index is 10.2. The van der Waals surface area contributed by atoms with Crippen molar-refractivity contribution < 1.29 is 4.92 Å². The third-order valence-electron chi connectivity index (χ3n) is 1.95. The molecule has 0 aliphatic carbocycles. The number of thioether (sulfide) groups is 1. The summed E-state index contributed by atoms with van der Waals surface area (Å²) < 4.78 is 0.982. The van der Waals surface area contributed by atoms with Gasteiger partial charge in [0.15, 0.2) is 0 Å². The number of hydrogen-bond acceptors (Lipinski definition) is 4. The Bertz CT molecular complexity index is 482. The van der Waals surface area contributed by atoms with Gasteiger partial charge in [0.25, 0.3) is 5.88 Å². The van der Waals surface area contributed by atoms with E-state index in [2.05, 4.69) is 0 Å². The van der Waals surface area contributed by atoms with Crippen LogP contribution in [0.5, 0.6) is 0 Å². The lowest BCUT2D eigenvalue weighted by molar-refractivity contribution is -0.456. The fourth-order valence-electron chi connectivity index (χ4n) is 1.27. The van der Waals surface area contributed by atoms with Gasteiger partial charge in [-0.1, -0.05) is 30.3 Å². The van der Waals surface area contributed by atoms with Crippen LogP contribution in [0.2, 0.25) is 0 Å². The maximum atomic E-state index is 10.2. The lowest BCUT2D eigenvalue weighted by Gasteiger charge is -1.94. The van der Waals surface area contributed by atoms with Crippen LogP contribution < -0.4 is 0 Å². The molecule has 0 aliphatic rings. The average molecular weight is 251 g/mol. The van der Waals surface area contributed by atoms with Gasteiger partial charge in [-0.15, -0.1) is 11.3 Å². The van der Waals surface area contributed by atoms with Crippen molar-refractivity contribution in [2.24, 2.45) is 0 Å². The number of rotatable bonds is 4. The molecule has 0 amide bonds. The number of thiophene rings is 1. The van der Waals surface area contributed by atoms with E-state index >= 15 is 0 Å². The van der Waals surface area contributed by atoms with Crippen molar-refractivity contribution in [3.63, 3.8) is 0 Å². The molecule has 1 aromatic heterocycles. The molecule has 16 heavy (non-hydrogen) atoms.